The predicted molar refractivity (Wildman–Crippen MR) is 74.0 cm³/mol. The lowest BCUT2D eigenvalue weighted by Crippen LogP contribution is -2.61. The highest BCUT2D eigenvalue weighted by atomic mass is 16.6. The van der Waals surface area contributed by atoms with Gasteiger partial charge in [-0.15, -0.1) is 0 Å². The first-order valence-corrected chi connectivity index (χ1v) is 6.92. The number of nitrogens with one attached hydrogen (secondary N) is 1. The van der Waals surface area contributed by atoms with E-state index in [1.807, 2.05) is 18.2 Å². The number of aliphatic hydroxyl groups excluding tert-OH is 1. The third-order valence-electron chi connectivity index (χ3n) is 4.14. The van der Waals surface area contributed by atoms with Crippen LogP contribution >= 0.6 is 0 Å². The number of methoxy groups -OCH3 is 2. The molecule has 1 aliphatic carbocycles. The van der Waals surface area contributed by atoms with Crippen LogP contribution in [0.25, 0.3) is 0 Å². The summed E-state index contributed by atoms with van der Waals surface area (Å²) in [5.41, 5.74) is 0.574. The SMILES string of the molecule is COC1C(O)C2OC2C(NC(=O)c2ccccc2)C1OC. The maximum atomic E-state index is 12.3. The van der Waals surface area contributed by atoms with E-state index in [4.69, 9.17) is 14.2 Å². The monoisotopic (exact) mass is 293 g/mol. The lowest BCUT2D eigenvalue weighted by atomic mass is 9.87. The van der Waals surface area contributed by atoms with Crippen molar-refractivity contribution in [2.75, 3.05) is 14.2 Å². The van der Waals surface area contributed by atoms with E-state index in [-0.39, 0.29) is 24.2 Å². The molecule has 1 amide bonds. The van der Waals surface area contributed by atoms with E-state index in [2.05, 4.69) is 5.32 Å². The van der Waals surface area contributed by atoms with E-state index in [1.165, 1.54) is 14.2 Å². The van der Waals surface area contributed by atoms with Crippen LogP contribution < -0.4 is 5.32 Å². The molecule has 6 unspecified atom stereocenters. The first-order valence-electron chi connectivity index (χ1n) is 6.92. The molecule has 6 heteroatoms. The van der Waals surface area contributed by atoms with Gasteiger partial charge in [-0.25, -0.2) is 0 Å². The van der Waals surface area contributed by atoms with Crippen molar-refractivity contribution in [2.45, 2.75) is 36.6 Å². The summed E-state index contributed by atoms with van der Waals surface area (Å²) >= 11 is 0. The number of rotatable bonds is 4. The van der Waals surface area contributed by atoms with E-state index in [0.717, 1.165) is 0 Å². The highest BCUT2D eigenvalue weighted by Crippen LogP contribution is 2.39. The number of epoxide rings is 1. The lowest BCUT2D eigenvalue weighted by molar-refractivity contribution is -0.118. The normalized spacial score (nSPS) is 37.7. The van der Waals surface area contributed by atoms with Crippen molar-refractivity contribution < 1.29 is 24.1 Å². The number of hydrogen-bond donors (Lipinski definition) is 2. The van der Waals surface area contributed by atoms with Gasteiger partial charge in [0, 0.05) is 19.8 Å². The zero-order chi connectivity index (χ0) is 15.0. The van der Waals surface area contributed by atoms with Crippen molar-refractivity contribution in [3.63, 3.8) is 0 Å². The Kier molecular flexibility index (Phi) is 3.95. The Morgan fingerprint density at radius 2 is 1.81 bits per heavy atom. The molecule has 2 N–H and O–H groups in total. The smallest absolute Gasteiger partial charge is 0.251 e. The fourth-order valence-electron chi connectivity index (χ4n) is 3.02. The van der Waals surface area contributed by atoms with Crippen LogP contribution in [0, 0.1) is 0 Å². The zero-order valence-electron chi connectivity index (χ0n) is 11.9. The second-order valence-corrected chi connectivity index (χ2v) is 5.32. The summed E-state index contributed by atoms with van der Waals surface area (Å²) in [5, 5.41) is 13.0. The first-order chi connectivity index (χ1) is 10.2. The maximum absolute atomic E-state index is 12.3. The van der Waals surface area contributed by atoms with E-state index < -0.39 is 18.3 Å². The number of fused-ring (bicyclic) bond motifs is 1. The molecule has 1 saturated carbocycles. The molecule has 114 valence electrons. The van der Waals surface area contributed by atoms with Crippen LogP contribution in [0.15, 0.2) is 30.3 Å². The van der Waals surface area contributed by atoms with Crippen LogP contribution in [0.3, 0.4) is 0 Å². The van der Waals surface area contributed by atoms with Crippen LogP contribution in [0.4, 0.5) is 0 Å². The fraction of sp³-hybridized carbons (Fsp3) is 0.533. The molecule has 0 spiro atoms. The molecule has 1 saturated heterocycles. The molecular weight excluding hydrogens is 274 g/mol. The minimum Gasteiger partial charge on any atom is -0.387 e. The third kappa shape index (κ3) is 2.55. The van der Waals surface area contributed by atoms with Gasteiger partial charge in [-0.1, -0.05) is 18.2 Å². The quantitative estimate of drug-likeness (QED) is 0.761. The van der Waals surface area contributed by atoms with Gasteiger partial charge in [0.2, 0.25) is 0 Å². The number of carbonyl (C=O) groups is 1. The van der Waals surface area contributed by atoms with E-state index in [9.17, 15) is 9.90 Å². The van der Waals surface area contributed by atoms with Crippen LogP contribution in [0.1, 0.15) is 10.4 Å². The predicted octanol–water partition coefficient (Wildman–Crippen LogP) is -0.0431. The van der Waals surface area contributed by atoms with Crippen molar-refractivity contribution in [3.05, 3.63) is 35.9 Å². The van der Waals surface area contributed by atoms with Gasteiger partial charge < -0.3 is 24.6 Å². The standard InChI is InChI=1S/C15H19NO5/c1-19-11-9(12-14(21-12)10(17)13(11)20-2)16-15(18)8-6-4-3-5-7-8/h3-7,9-14,17H,1-2H3,(H,16,18). The molecule has 0 aromatic heterocycles. The molecule has 2 fully saturated rings. The lowest BCUT2D eigenvalue weighted by Gasteiger charge is -2.37. The molecule has 6 nitrogen and oxygen atoms in total. The summed E-state index contributed by atoms with van der Waals surface area (Å²) < 4.78 is 16.2. The van der Waals surface area contributed by atoms with Crippen LogP contribution in [-0.4, -0.2) is 61.8 Å². The third-order valence-corrected chi connectivity index (χ3v) is 4.14. The molecule has 1 heterocycles. The fourth-order valence-corrected chi connectivity index (χ4v) is 3.02. The van der Waals surface area contributed by atoms with Crippen molar-refractivity contribution >= 4 is 5.91 Å². The average molecular weight is 293 g/mol. The Labute approximate surface area is 123 Å². The van der Waals surface area contributed by atoms with Crippen LogP contribution in [0.2, 0.25) is 0 Å². The van der Waals surface area contributed by atoms with Gasteiger partial charge in [0.05, 0.1) is 6.04 Å². The Balaban J connectivity index is 1.76. The summed E-state index contributed by atoms with van der Waals surface area (Å²) in [5.74, 6) is -0.192. The van der Waals surface area contributed by atoms with E-state index in [1.54, 1.807) is 12.1 Å². The molecule has 21 heavy (non-hydrogen) atoms. The number of amides is 1. The largest absolute Gasteiger partial charge is 0.387 e. The summed E-state index contributed by atoms with van der Waals surface area (Å²) in [6.07, 6.45) is -2.26. The van der Waals surface area contributed by atoms with Gasteiger partial charge in [-0.3, -0.25) is 4.79 Å². The van der Waals surface area contributed by atoms with E-state index in [0.29, 0.717) is 5.56 Å². The maximum Gasteiger partial charge on any atom is 0.251 e. The molecule has 0 bridgehead atoms. The second-order valence-electron chi connectivity index (χ2n) is 5.32. The zero-order valence-corrected chi connectivity index (χ0v) is 11.9. The molecule has 3 rings (SSSR count). The number of benzene rings is 1. The van der Waals surface area contributed by atoms with Crippen molar-refractivity contribution in [3.8, 4) is 0 Å². The van der Waals surface area contributed by atoms with Crippen molar-refractivity contribution in [1.82, 2.24) is 5.32 Å². The number of hydrogen-bond acceptors (Lipinski definition) is 5. The highest BCUT2D eigenvalue weighted by molar-refractivity contribution is 5.94. The Morgan fingerprint density at radius 3 is 2.43 bits per heavy atom. The van der Waals surface area contributed by atoms with Gasteiger partial charge in [-0.2, -0.15) is 0 Å². The molecule has 1 aromatic rings. The summed E-state index contributed by atoms with van der Waals surface area (Å²) in [7, 11) is 3.05. The molecule has 1 aliphatic heterocycles. The Bertz CT molecular complexity index is 508. The average Bonchev–Trinajstić information content (AvgIpc) is 3.31. The molecule has 2 aliphatic rings. The Hall–Kier alpha value is -1.47. The number of carbonyl (C=O) groups excluding carboxylic acids is 1. The minimum absolute atomic E-state index is 0.192. The topological polar surface area (TPSA) is 80.3 Å². The van der Waals surface area contributed by atoms with Gasteiger partial charge in [0.25, 0.3) is 5.91 Å². The summed E-state index contributed by atoms with van der Waals surface area (Å²) in [4.78, 5) is 12.3. The van der Waals surface area contributed by atoms with Gasteiger partial charge >= 0.3 is 0 Å². The summed E-state index contributed by atoms with van der Waals surface area (Å²) in [6.45, 7) is 0. The second kappa shape index (κ2) is 5.73. The summed E-state index contributed by atoms with van der Waals surface area (Å²) in [6, 6.07) is 8.61. The van der Waals surface area contributed by atoms with Gasteiger partial charge in [0.15, 0.2) is 0 Å². The molecule has 1 aromatic carbocycles. The van der Waals surface area contributed by atoms with Crippen LogP contribution in [0.5, 0.6) is 0 Å². The van der Waals surface area contributed by atoms with Crippen molar-refractivity contribution in [1.29, 1.82) is 0 Å². The number of ether oxygens (including phenoxy) is 3. The minimum atomic E-state index is -0.741. The van der Waals surface area contributed by atoms with Gasteiger partial charge in [-0.05, 0) is 12.1 Å². The van der Waals surface area contributed by atoms with Crippen LogP contribution in [-0.2, 0) is 14.2 Å². The van der Waals surface area contributed by atoms with Crippen molar-refractivity contribution in [2.24, 2.45) is 0 Å². The Morgan fingerprint density at radius 1 is 1.14 bits per heavy atom. The molecular formula is C15H19NO5. The highest BCUT2D eigenvalue weighted by Gasteiger charge is 2.61. The first kappa shape index (κ1) is 14.5. The van der Waals surface area contributed by atoms with Gasteiger partial charge in [0.1, 0.15) is 30.5 Å². The number of aliphatic hydroxyl groups is 1. The molecule has 0 radical (unpaired) electrons. The van der Waals surface area contributed by atoms with E-state index >= 15 is 0 Å². The molecule has 6 atom stereocenters.